The van der Waals surface area contributed by atoms with Crippen molar-refractivity contribution >= 4 is 34.2 Å². The van der Waals surface area contributed by atoms with Crippen LogP contribution in [0.3, 0.4) is 0 Å². The third-order valence-corrected chi connectivity index (χ3v) is 1.87. The quantitative estimate of drug-likeness (QED) is 0.438. The second-order valence-electron chi connectivity index (χ2n) is 2.37. The first-order chi connectivity index (χ1) is 6.00. The van der Waals surface area contributed by atoms with Crippen molar-refractivity contribution in [1.82, 2.24) is 0 Å². The molecule has 0 bridgehead atoms. The summed E-state index contributed by atoms with van der Waals surface area (Å²) in [6.45, 7) is 0. The van der Waals surface area contributed by atoms with Crippen LogP contribution < -0.4 is 5.46 Å². The summed E-state index contributed by atoms with van der Waals surface area (Å²) in [4.78, 5) is 9.75. The van der Waals surface area contributed by atoms with Crippen LogP contribution in [0, 0.1) is 10.1 Å². The number of rotatable bonds is 2. The minimum atomic E-state index is -1.70. The minimum Gasteiger partial charge on any atom is -0.423 e. The van der Waals surface area contributed by atoms with Gasteiger partial charge in [-0.15, -0.1) is 0 Å². The predicted octanol–water partition coefficient (Wildman–Crippen LogP) is 0.0371. The Morgan fingerprint density at radius 3 is 2.46 bits per heavy atom. The summed E-state index contributed by atoms with van der Waals surface area (Å²) in [6.07, 6.45) is 0. The third-order valence-electron chi connectivity index (χ3n) is 1.41. The molecule has 1 rings (SSSR count). The van der Waals surface area contributed by atoms with Gasteiger partial charge >= 0.3 is 7.12 Å². The largest absolute Gasteiger partial charge is 0.488 e. The van der Waals surface area contributed by atoms with Crippen molar-refractivity contribution < 1.29 is 15.0 Å². The molecule has 0 spiro atoms. The van der Waals surface area contributed by atoms with E-state index in [0.717, 1.165) is 6.07 Å². The lowest BCUT2D eigenvalue weighted by atomic mass is 9.80. The summed E-state index contributed by atoms with van der Waals surface area (Å²) in [5.41, 5.74) is -0.0986. The van der Waals surface area contributed by atoms with Gasteiger partial charge in [-0.2, -0.15) is 0 Å². The molecule has 0 radical (unpaired) electrons. The molecule has 1 aromatic carbocycles. The van der Waals surface area contributed by atoms with Crippen LogP contribution in [-0.2, 0) is 0 Å². The summed E-state index contributed by atoms with van der Waals surface area (Å²) in [6, 6.07) is 3.79. The Balaban J connectivity index is 3.19. The highest BCUT2D eigenvalue weighted by atomic mass is 79.9. The average molecular weight is 246 g/mol. The lowest BCUT2D eigenvalue weighted by Crippen LogP contribution is -2.29. The first kappa shape index (κ1) is 10.2. The topological polar surface area (TPSA) is 83.6 Å². The fourth-order valence-corrected chi connectivity index (χ4v) is 1.35. The average Bonchev–Trinajstić information content (AvgIpc) is 2.03. The van der Waals surface area contributed by atoms with Crippen molar-refractivity contribution in [2.45, 2.75) is 0 Å². The first-order valence-electron chi connectivity index (χ1n) is 3.31. The van der Waals surface area contributed by atoms with Crippen molar-refractivity contribution in [3.63, 3.8) is 0 Å². The number of nitrogens with zero attached hydrogens (tertiary/aromatic N) is 1. The van der Waals surface area contributed by atoms with Crippen molar-refractivity contribution in [1.29, 1.82) is 0 Å². The van der Waals surface area contributed by atoms with E-state index in [1.807, 2.05) is 0 Å². The van der Waals surface area contributed by atoms with Gasteiger partial charge in [-0.1, -0.05) is 15.9 Å². The molecule has 0 aliphatic rings. The molecule has 0 atom stereocenters. The van der Waals surface area contributed by atoms with E-state index in [4.69, 9.17) is 10.0 Å². The maximum Gasteiger partial charge on any atom is 0.488 e. The number of nitro groups is 1. The van der Waals surface area contributed by atoms with Crippen LogP contribution in [-0.4, -0.2) is 22.1 Å². The lowest BCUT2D eigenvalue weighted by molar-refractivity contribution is -0.384. The number of nitro benzene ring substituents is 1. The van der Waals surface area contributed by atoms with Crippen LogP contribution in [0.2, 0.25) is 0 Å². The van der Waals surface area contributed by atoms with E-state index in [0.29, 0.717) is 4.47 Å². The molecular formula is C6H5BBrNO4. The molecule has 0 fully saturated rings. The second-order valence-corrected chi connectivity index (χ2v) is 3.29. The summed E-state index contributed by atoms with van der Waals surface area (Å²) in [5, 5.41) is 27.9. The zero-order chi connectivity index (χ0) is 10.0. The van der Waals surface area contributed by atoms with Crippen molar-refractivity contribution in [3.8, 4) is 0 Å². The van der Waals surface area contributed by atoms with Gasteiger partial charge in [0.15, 0.2) is 0 Å². The fourth-order valence-electron chi connectivity index (χ4n) is 0.851. The molecule has 0 saturated carbocycles. The second kappa shape index (κ2) is 3.86. The van der Waals surface area contributed by atoms with Crippen LogP contribution in [0.5, 0.6) is 0 Å². The van der Waals surface area contributed by atoms with E-state index in [1.165, 1.54) is 12.1 Å². The zero-order valence-electron chi connectivity index (χ0n) is 6.35. The molecule has 0 unspecified atom stereocenters. The van der Waals surface area contributed by atoms with Gasteiger partial charge in [-0.05, 0) is 11.5 Å². The zero-order valence-corrected chi connectivity index (χ0v) is 7.93. The van der Waals surface area contributed by atoms with E-state index in [1.54, 1.807) is 0 Å². The summed E-state index contributed by atoms with van der Waals surface area (Å²) < 4.78 is 0.435. The third kappa shape index (κ3) is 2.51. The van der Waals surface area contributed by atoms with E-state index < -0.39 is 12.0 Å². The lowest BCUT2D eigenvalue weighted by Gasteiger charge is -1.99. The SMILES string of the molecule is O=[N+]([O-])c1cc(Br)cc(B(O)O)c1. The molecule has 7 heteroatoms. The highest BCUT2D eigenvalue weighted by Crippen LogP contribution is 2.16. The molecule has 1 aromatic rings. The molecular weight excluding hydrogens is 241 g/mol. The van der Waals surface area contributed by atoms with E-state index in [9.17, 15) is 10.1 Å². The van der Waals surface area contributed by atoms with Crippen molar-refractivity contribution in [3.05, 3.63) is 32.8 Å². The van der Waals surface area contributed by atoms with Gasteiger partial charge in [-0.3, -0.25) is 10.1 Å². The number of non-ortho nitro benzene ring substituents is 1. The van der Waals surface area contributed by atoms with Gasteiger partial charge in [0.1, 0.15) is 0 Å². The molecule has 0 aliphatic carbocycles. The molecule has 0 aromatic heterocycles. The van der Waals surface area contributed by atoms with Gasteiger partial charge in [-0.25, -0.2) is 0 Å². The van der Waals surface area contributed by atoms with Crippen LogP contribution in [0.15, 0.2) is 22.7 Å². The Bertz CT molecular complexity index is 343. The molecule has 0 saturated heterocycles. The number of hydrogen-bond donors (Lipinski definition) is 2. The Labute approximate surface area is 82.4 Å². The van der Waals surface area contributed by atoms with Crippen LogP contribution in [0.1, 0.15) is 0 Å². The predicted molar refractivity (Wildman–Crippen MR) is 50.6 cm³/mol. The molecule has 0 amide bonds. The van der Waals surface area contributed by atoms with Crippen molar-refractivity contribution in [2.24, 2.45) is 0 Å². The van der Waals surface area contributed by atoms with E-state index >= 15 is 0 Å². The Morgan fingerprint density at radius 1 is 1.38 bits per heavy atom. The van der Waals surface area contributed by atoms with Gasteiger partial charge in [0.2, 0.25) is 0 Å². The molecule has 5 nitrogen and oxygen atoms in total. The van der Waals surface area contributed by atoms with Gasteiger partial charge in [0, 0.05) is 16.6 Å². The van der Waals surface area contributed by atoms with Gasteiger partial charge in [0.05, 0.1) is 4.92 Å². The molecule has 0 aliphatic heterocycles. The molecule has 0 heterocycles. The Morgan fingerprint density at radius 2 is 2.00 bits per heavy atom. The summed E-state index contributed by atoms with van der Waals surface area (Å²) >= 11 is 3.02. The Hall–Kier alpha value is -0.915. The molecule has 2 N–H and O–H groups in total. The van der Waals surface area contributed by atoms with Crippen LogP contribution in [0.4, 0.5) is 5.69 Å². The smallest absolute Gasteiger partial charge is 0.423 e. The Kier molecular flexibility index (Phi) is 3.02. The highest BCUT2D eigenvalue weighted by Gasteiger charge is 2.16. The standard InChI is InChI=1S/C6H5BBrNO4/c8-5-1-4(7(10)11)2-6(3-5)9(12)13/h1-3,10-11H. The number of halogens is 1. The highest BCUT2D eigenvalue weighted by molar-refractivity contribution is 9.10. The monoisotopic (exact) mass is 245 g/mol. The van der Waals surface area contributed by atoms with Gasteiger partial charge in [0.25, 0.3) is 5.69 Å². The first-order valence-corrected chi connectivity index (χ1v) is 4.11. The summed E-state index contributed by atoms with van der Waals surface area (Å²) in [5.74, 6) is 0. The summed E-state index contributed by atoms with van der Waals surface area (Å²) in [7, 11) is -1.70. The van der Waals surface area contributed by atoms with Crippen LogP contribution >= 0.6 is 15.9 Å². The van der Waals surface area contributed by atoms with Gasteiger partial charge < -0.3 is 10.0 Å². The number of benzene rings is 1. The normalized spacial score (nSPS) is 9.77. The van der Waals surface area contributed by atoms with Crippen LogP contribution in [0.25, 0.3) is 0 Å². The van der Waals surface area contributed by atoms with E-state index in [-0.39, 0.29) is 11.2 Å². The minimum absolute atomic E-state index is 0.0843. The maximum atomic E-state index is 10.3. The van der Waals surface area contributed by atoms with Crippen molar-refractivity contribution in [2.75, 3.05) is 0 Å². The fraction of sp³-hybridized carbons (Fsp3) is 0. The molecule has 68 valence electrons. The van der Waals surface area contributed by atoms with E-state index in [2.05, 4.69) is 15.9 Å². The maximum absolute atomic E-state index is 10.3. The number of hydrogen-bond acceptors (Lipinski definition) is 4. The molecule has 13 heavy (non-hydrogen) atoms.